The fraction of sp³-hybridized carbons (Fsp3) is 0.0870. The lowest BCUT2D eigenvalue weighted by molar-refractivity contribution is 0.0699. The Morgan fingerprint density at radius 1 is 1.00 bits per heavy atom. The first-order valence-corrected chi connectivity index (χ1v) is 8.77. The van der Waals surface area contributed by atoms with E-state index in [0.29, 0.717) is 28.6 Å². The molecule has 5 heteroatoms. The molecule has 0 bridgehead atoms. The van der Waals surface area contributed by atoms with E-state index in [9.17, 15) is 14.7 Å². The Hall–Kier alpha value is -3.73. The van der Waals surface area contributed by atoms with Gasteiger partial charge in [-0.05, 0) is 43.7 Å². The van der Waals surface area contributed by atoms with Gasteiger partial charge in [0.15, 0.2) is 12.0 Å². The number of aldehydes is 1. The van der Waals surface area contributed by atoms with Gasteiger partial charge in [-0.15, -0.1) is 0 Å². The number of aromatic nitrogens is 1. The minimum atomic E-state index is -0.979. The van der Waals surface area contributed by atoms with Crippen molar-refractivity contribution in [3.8, 4) is 22.6 Å². The van der Waals surface area contributed by atoms with E-state index in [-0.39, 0.29) is 11.3 Å². The van der Waals surface area contributed by atoms with Crippen molar-refractivity contribution in [3.63, 3.8) is 0 Å². The summed E-state index contributed by atoms with van der Waals surface area (Å²) in [6.07, 6.45) is 0.661. The average molecular weight is 371 g/mol. The molecule has 0 amide bonds. The van der Waals surface area contributed by atoms with Crippen LogP contribution in [0.2, 0.25) is 0 Å². The molecule has 0 fully saturated rings. The van der Waals surface area contributed by atoms with E-state index >= 15 is 0 Å². The van der Waals surface area contributed by atoms with Crippen LogP contribution in [-0.2, 0) is 0 Å². The summed E-state index contributed by atoms with van der Waals surface area (Å²) < 4.78 is 5.44. The number of carboxylic acids is 1. The predicted octanol–water partition coefficient (Wildman–Crippen LogP) is 5.29. The van der Waals surface area contributed by atoms with Crippen molar-refractivity contribution < 1.29 is 19.1 Å². The molecule has 2 heterocycles. The molecule has 0 atom stereocenters. The number of benzene rings is 2. The van der Waals surface area contributed by atoms with Gasteiger partial charge in [0.05, 0.1) is 16.8 Å². The molecule has 5 nitrogen and oxygen atoms in total. The van der Waals surface area contributed by atoms with Crippen LogP contribution in [0.4, 0.5) is 0 Å². The lowest BCUT2D eigenvalue weighted by Gasteiger charge is -2.10. The highest BCUT2D eigenvalue weighted by atomic mass is 16.4. The van der Waals surface area contributed by atoms with Crippen LogP contribution in [0, 0.1) is 13.8 Å². The van der Waals surface area contributed by atoms with Crippen molar-refractivity contribution in [1.29, 1.82) is 0 Å². The first kappa shape index (κ1) is 17.7. The van der Waals surface area contributed by atoms with Gasteiger partial charge in [-0.1, -0.05) is 35.9 Å². The van der Waals surface area contributed by atoms with E-state index in [4.69, 9.17) is 9.40 Å². The summed E-state index contributed by atoms with van der Waals surface area (Å²) in [4.78, 5) is 27.3. The van der Waals surface area contributed by atoms with E-state index < -0.39 is 5.97 Å². The molecule has 2 aromatic carbocycles. The number of carbonyl (C=O) groups excluding carboxylic acids is 1. The van der Waals surface area contributed by atoms with Crippen molar-refractivity contribution in [3.05, 3.63) is 77.0 Å². The topological polar surface area (TPSA) is 80.4 Å². The molecule has 0 unspecified atom stereocenters. The quantitative estimate of drug-likeness (QED) is 0.493. The summed E-state index contributed by atoms with van der Waals surface area (Å²) in [5.74, 6) is -0.114. The van der Waals surface area contributed by atoms with Crippen LogP contribution in [-0.4, -0.2) is 22.3 Å². The van der Waals surface area contributed by atoms with Crippen LogP contribution in [0.3, 0.4) is 0 Å². The highest BCUT2D eigenvalue weighted by molar-refractivity contribution is 6.04. The largest absolute Gasteiger partial charge is 0.478 e. The number of hydrogen-bond acceptors (Lipinski definition) is 4. The normalized spacial score (nSPS) is 10.9. The van der Waals surface area contributed by atoms with Crippen LogP contribution in [0.1, 0.15) is 32.0 Å². The summed E-state index contributed by atoms with van der Waals surface area (Å²) in [5, 5.41) is 10.3. The zero-order valence-corrected chi connectivity index (χ0v) is 15.4. The number of hydrogen-bond donors (Lipinski definition) is 1. The second-order valence-electron chi connectivity index (χ2n) is 6.74. The third kappa shape index (κ3) is 3.07. The molecule has 0 aliphatic rings. The zero-order valence-electron chi connectivity index (χ0n) is 15.4. The van der Waals surface area contributed by atoms with Crippen LogP contribution in [0.25, 0.3) is 33.5 Å². The van der Waals surface area contributed by atoms with Gasteiger partial charge >= 0.3 is 5.97 Å². The molecule has 0 aliphatic carbocycles. The lowest BCUT2D eigenvalue weighted by atomic mass is 9.99. The number of aryl methyl sites for hydroxylation is 2. The molecule has 0 radical (unpaired) electrons. The first-order chi connectivity index (χ1) is 13.5. The van der Waals surface area contributed by atoms with Crippen molar-refractivity contribution in [2.75, 3.05) is 0 Å². The van der Waals surface area contributed by atoms with E-state index in [1.54, 1.807) is 18.2 Å². The van der Waals surface area contributed by atoms with E-state index in [1.165, 1.54) is 0 Å². The van der Waals surface area contributed by atoms with Gasteiger partial charge in [0.25, 0.3) is 0 Å². The van der Waals surface area contributed by atoms with Crippen molar-refractivity contribution in [2.24, 2.45) is 0 Å². The van der Waals surface area contributed by atoms with Gasteiger partial charge in [0, 0.05) is 16.5 Å². The number of aromatic carboxylic acids is 1. The van der Waals surface area contributed by atoms with Crippen molar-refractivity contribution >= 4 is 23.2 Å². The van der Waals surface area contributed by atoms with Gasteiger partial charge in [-0.3, -0.25) is 4.79 Å². The number of rotatable bonds is 4. The molecule has 28 heavy (non-hydrogen) atoms. The number of carbonyl (C=O) groups is 2. The Labute approximate surface area is 161 Å². The van der Waals surface area contributed by atoms with Crippen LogP contribution >= 0.6 is 0 Å². The van der Waals surface area contributed by atoms with E-state index in [1.807, 2.05) is 50.2 Å². The second-order valence-corrected chi connectivity index (χ2v) is 6.74. The minimum absolute atomic E-state index is 0.234. The van der Waals surface area contributed by atoms with Crippen LogP contribution < -0.4 is 0 Å². The minimum Gasteiger partial charge on any atom is -0.478 e. The van der Waals surface area contributed by atoms with Gasteiger partial charge in [-0.2, -0.15) is 0 Å². The molecule has 0 aliphatic heterocycles. The third-order valence-corrected chi connectivity index (χ3v) is 4.69. The standard InChI is InChI=1S/C23H17NO4/c1-13-9-14(2)22-18(10-13)19(23(26)27)11-20(24-22)15-3-5-16(6-4-15)21-8-7-17(12-25)28-21/h3-12H,1-2H3,(H,26,27). The van der Waals surface area contributed by atoms with Gasteiger partial charge in [0.2, 0.25) is 0 Å². The highest BCUT2D eigenvalue weighted by Crippen LogP contribution is 2.30. The number of pyridine rings is 1. The monoisotopic (exact) mass is 371 g/mol. The van der Waals surface area contributed by atoms with E-state index in [0.717, 1.165) is 22.3 Å². The van der Waals surface area contributed by atoms with Gasteiger partial charge in [0.1, 0.15) is 5.76 Å². The third-order valence-electron chi connectivity index (χ3n) is 4.69. The first-order valence-electron chi connectivity index (χ1n) is 8.77. The second kappa shape index (κ2) is 6.78. The smallest absolute Gasteiger partial charge is 0.336 e. The Bertz CT molecular complexity index is 1220. The van der Waals surface area contributed by atoms with Crippen LogP contribution in [0.15, 0.2) is 59.0 Å². The molecule has 4 aromatic rings. The lowest BCUT2D eigenvalue weighted by Crippen LogP contribution is -2.01. The predicted molar refractivity (Wildman–Crippen MR) is 107 cm³/mol. The Morgan fingerprint density at radius 3 is 2.36 bits per heavy atom. The van der Waals surface area contributed by atoms with Crippen LogP contribution in [0.5, 0.6) is 0 Å². The Morgan fingerprint density at radius 2 is 1.71 bits per heavy atom. The molecular formula is C23H17NO4. The van der Waals surface area contributed by atoms with E-state index in [2.05, 4.69) is 0 Å². The maximum atomic E-state index is 11.8. The van der Waals surface area contributed by atoms with Crippen molar-refractivity contribution in [1.82, 2.24) is 4.98 Å². The van der Waals surface area contributed by atoms with Gasteiger partial charge in [-0.25, -0.2) is 9.78 Å². The number of fused-ring (bicyclic) bond motifs is 1. The van der Waals surface area contributed by atoms with Crippen molar-refractivity contribution in [2.45, 2.75) is 13.8 Å². The average Bonchev–Trinajstić information content (AvgIpc) is 3.16. The molecule has 0 spiro atoms. The zero-order chi connectivity index (χ0) is 19.8. The Balaban J connectivity index is 1.82. The van der Waals surface area contributed by atoms with Gasteiger partial charge < -0.3 is 9.52 Å². The summed E-state index contributed by atoms with van der Waals surface area (Å²) in [5.41, 5.74) is 5.07. The fourth-order valence-corrected chi connectivity index (χ4v) is 3.38. The molecular weight excluding hydrogens is 354 g/mol. The summed E-state index contributed by atoms with van der Waals surface area (Å²) in [6, 6.07) is 16.3. The number of nitrogens with zero attached hydrogens (tertiary/aromatic N) is 1. The Kier molecular flexibility index (Phi) is 4.28. The maximum Gasteiger partial charge on any atom is 0.336 e. The molecule has 2 aromatic heterocycles. The number of carboxylic acid groups (broad SMARTS) is 1. The summed E-state index contributed by atoms with van der Waals surface area (Å²) in [7, 11) is 0. The summed E-state index contributed by atoms with van der Waals surface area (Å²) in [6.45, 7) is 3.87. The molecule has 0 saturated heterocycles. The maximum absolute atomic E-state index is 11.8. The molecule has 4 rings (SSSR count). The molecule has 138 valence electrons. The number of furan rings is 1. The highest BCUT2D eigenvalue weighted by Gasteiger charge is 2.15. The molecule has 0 saturated carbocycles. The SMILES string of the molecule is Cc1cc(C)c2nc(-c3ccc(-c4ccc(C=O)o4)cc3)cc(C(=O)O)c2c1. The fourth-order valence-electron chi connectivity index (χ4n) is 3.38. The molecule has 1 N–H and O–H groups in total. The summed E-state index contributed by atoms with van der Waals surface area (Å²) >= 11 is 0.